The summed E-state index contributed by atoms with van der Waals surface area (Å²) in [5.74, 6) is 2.54. The molecule has 6 heteroatoms. The lowest BCUT2D eigenvalue weighted by molar-refractivity contribution is -0.123. The first-order valence-corrected chi connectivity index (χ1v) is 12.1. The summed E-state index contributed by atoms with van der Waals surface area (Å²) in [6.45, 7) is 7.88. The standard InChI is InChI=1S/C29H33N3O3/c1-21-14-15-23(3)27(19-21)35-20-29(33)30-16-8-13-28-31-24-10-5-6-11-25(24)32(28)17-18-34-26-12-7-4-9-22(26)2/h4-7,9-12,14-15,19H,8,13,16-18,20H2,1-3H3,(H,30,33). The Morgan fingerprint density at radius 2 is 1.69 bits per heavy atom. The average Bonchev–Trinajstić information content (AvgIpc) is 3.21. The zero-order valence-electron chi connectivity index (χ0n) is 20.7. The van der Waals surface area contributed by atoms with Crippen LogP contribution in [0.15, 0.2) is 66.7 Å². The van der Waals surface area contributed by atoms with E-state index < -0.39 is 0 Å². The van der Waals surface area contributed by atoms with Crippen molar-refractivity contribution in [3.63, 3.8) is 0 Å². The van der Waals surface area contributed by atoms with Crippen molar-refractivity contribution in [2.24, 2.45) is 0 Å². The summed E-state index contributed by atoms with van der Waals surface area (Å²) in [5.41, 5.74) is 5.33. The number of hydrogen-bond acceptors (Lipinski definition) is 4. The minimum Gasteiger partial charge on any atom is -0.491 e. The SMILES string of the molecule is Cc1ccc(C)c(OCC(=O)NCCCc2nc3ccccc3n2CCOc2ccccc2C)c1. The van der Waals surface area contributed by atoms with E-state index in [1.54, 1.807) is 0 Å². The lowest BCUT2D eigenvalue weighted by Crippen LogP contribution is -2.30. The van der Waals surface area contributed by atoms with Crippen molar-refractivity contribution in [2.45, 2.75) is 40.2 Å². The van der Waals surface area contributed by atoms with Crippen LogP contribution in [-0.4, -0.2) is 35.2 Å². The van der Waals surface area contributed by atoms with Gasteiger partial charge in [-0.05, 0) is 68.1 Å². The molecule has 0 fully saturated rings. The van der Waals surface area contributed by atoms with Gasteiger partial charge in [0.1, 0.15) is 23.9 Å². The van der Waals surface area contributed by atoms with Crippen molar-refractivity contribution in [1.82, 2.24) is 14.9 Å². The van der Waals surface area contributed by atoms with Crippen molar-refractivity contribution in [3.05, 3.63) is 89.2 Å². The fourth-order valence-electron chi connectivity index (χ4n) is 4.06. The fourth-order valence-corrected chi connectivity index (χ4v) is 4.06. The molecule has 0 saturated carbocycles. The summed E-state index contributed by atoms with van der Waals surface area (Å²) < 4.78 is 14.0. The van der Waals surface area contributed by atoms with Gasteiger partial charge in [0.05, 0.1) is 17.6 Å². The van der Waals surface area contributed by atoms with Crippen LogP contribution in [0.25, 0.3) is 11.0 Å². The topological polar surface area (TPSA) is 65.4 Å². The number of hydrogen-bond donors (Lipinski definition) is 1. The number of aromatic nitrogens is 2. The number of fused-ring (bicyclic) bond motifs is 1. The molecule has 3 aromatic carbocycles. The molecule has 0 atom stereocenters. The number of nitrogens with one attached hydrogen (secondary N) is 1. The molecular formula is C29H33N3O3. The van der Waals surface area contributed by atoms with Gasteiger partial charge in [0.15, 0.2) is 6.61 Å². The van der Waals surface area contributed by atoms with E-state index in [-0.39, 0.29) is 12.5 Å². The first kappa shape index (κ1) is 24.3. The highest BCUT2D eigenvalue weighted by Gasteiger charge is 2.11. The summed E-state index contributed by atoms with van der Waals surface area (Å²) in [6, 6.07) is 22.2. The van der Waals surface area contributed by atoms with Crippen LogP contribution < -0.4 is 14.8 Å². The van der Waals surface area contributed by atoms with Crippen LogP contribution >= 0.6 is 0 Å². The maximum Gasteiger partial charge on any atom is 0.257 e. The number of carbonyl (C=O) groups excluding carboxylic acids is 1. The van der Waals surface area contributed by atoms with Gasteiger partial charge in [-0.25, -0.2) is 4.98 Å². The van der Waals surface area contributed by atoms with Crippen molar-refractivity contribution in [3.8, 4) is 11.5 Å². The van der Waals surface area contributed by atoms with Gasteiger partial charge in [-0.3, -0.25) is 4.79 Å². The lowest BCUT2D eigenvalue weighted by atomic mass is 10.1. The molecule has 0 radical (unpaired) electrons. The van der Waals surface area contributed by atoms with Crippen LogP contribution in [0.5, 0.6) is 11.5 Å². The Labute approximate surface area is 206 Å². The van der Waals surface area contributed by atoms with Gasteiger partial charge in [-0.15, -0.1) is 0 Å². The van der Waals surface area contributed by atoms with Gasteiger partial charge < -0.3 is 19.4 Å². The van der Waals surface area contributed by atoms with E-state index in [1.165, 1.54) is 0 Å². The molecule has 4 aromatic rings. The Hall–Kier alpha value is -3.80. The quantitative estimate of drug-likeness (QED) is 0.307. The van der Waals surface area contributed by atoms with Gasteiger partial charge in [0, 0.05) is 13.0 Å². The van der Waals surface area contributed by atoms with Crippen molar-refractivity contribution >= 4 is 16.9 Å². The number of aryl methyl sites for hydroxylation is 4. The molecule has 1 N–H and O–H groups in total. The predicted octanol–water partition coefficient (Wildman–Crippen LogP) is 5.17. The van der Waals surface area contributed by atoms with Gasteiger partial charge in [0.2, 0.25) is 0 Å². The minimum absolute atomic E-state index is 0.0129. The summed E-state index contributed by atoms with van der Waals surface area (Å²) in [5, 5.41) is 2.96. The van der Waals surface area contributed by atoms with Crippen LogP contribution in [0.4, 0.5) is 0 Å². The maximum absolute atomic E-state index is 12.3. The third kappa shape index (κ3) is 6.41. The summed E-state index contributed by atoms with van der Waals surface area (Å²) in [7, 11) is 0. The highest BCUT2D eigenvalue weighted by molar-refractivity contribution is 5.77. The number of nitrogens with zero attached hydrogens (tertiary/aromatic N) is 2. The monoisotopic (exact) mass is 471 g/mol. The van der Waals surface area contributed by atoms with Crippen LogP contribution in [0.3, 0.4) is 0 Å². The molecule has 1 heterocycles. The molecule has 1 amide bonds. The number of amides is 1. The van der Waals surface area contributed by atoms with Crippen molar-refractivity contribution in [2.75, 3.05) is 19.8 Å². The van der Waals surface area contributed by atoms with Gasteiger partial charge in [-0.2, -0.15) is 0 Å². The summed E-state index contributed by atoms with van der Waals surface area (Å²) in [6.07, 6.45) is 1.55. The first-order valence-electron chi connectivity index (χ1n) is 12.1. The Morgan fingerprint density at radius 3 is 2.54 bits per heavy atom. The largest absolute Gasteiger partial charge is 0.491 e. The second-order valence-electron chi connectivity index (χ2n) is 8.79. The predicted molar refractivity (Wildman–Crippen MR) is 139 cm³/mol. The number of imidazole rings is 1. The van der Waals surface area contributed by atoms with Crippen LogP contribution in [-0.2, 0) is 17.8 Å². The smallest absolute Gasteiger partial charge is 0.257 e. The van der Waals surface area contributed by atoms with E-state index in [4.69, 9.17) is 14.5 Å². The molecule has 0 aliphatic carbocycles. The Kier molecular flexibility index (Phi) is 8.03. The second kappa shape index (κ2) is 11.6. The Morgan fingerprint density at radius 1 is 0.914 bits per heavy atom. The third-order valence-corrected chi connectivity index (χ3v) is 6.00. The third-order valence-electron chi connectivity index (χ3n) is 6.00. The van der Waals surface area contributed by atoms with E-state index in [0.29, 0.717) is 19.7 Å². The molecule has 0 saturated heterocycles. The number of para-hydroxylation sites is 3. The summed E-state index contributed by atoms with van der Waals surface area (Å²) >= 11 is 0. The minimum atomic E-state index is -0.119. The lowest BCUT2D eigenvalue weighted by Gasteiger charge is -2.13. The zero-order valence-corrected chi connectivity index (χ0v) is 20.7. The van der Waals surface area contributed by atoms with E-state index in [1.807, 2.05) is 68.4 Å². The fraction of sp³-hybridized carbons (Fsp3) is 0.310. The first-order chi connectivity index (χ1) is 17.0. The molecule has 6 nitrogen and oxygen atoms in total. The Balaban J connectivity index is 1.29. The van der Waals surface area contributed by atoms with Crippen LogP contribution in [0.1, 0.15) is 28.9 Å². The molecule has 0 unspecified atom stereocenters. The van der Waals surface area contributed by atoms with E-state index in [2.05, 4.69) is 28.9 Å². The van der Waals surface area contributed by atoms with Crippen molar-refractivity contribution < 1.29 is 14.3 Å². The molecular weight excluding hydrogens is 438 g/mol. The van der Waals surface area contributed by atoms with Crippen LogP contribution in [0, 0.1) is 20.8 Å². The normalized spacial score (nSPS) is 10.9. The summed E-state index contributed by atoms with van der Waals surface area (Å²) in [4.78, 5) is 17.1. The molecule has 0 aliphatic rings. The van der Waals surface area contributed by atoms with E-state index >= 15 is 0 Å². The highest BCUT2D eigenvalue weighted by Crippen LogP contribution is 2.20. The number of rotatable bonds is 11. The molecule has 0 spiro atoms. The number of benzene rings is 3. The zero-order chi connectivity index (χ0) is 24.6. The van der Waals surface area contributed by atoms with Gasteiger partial charge >= 0.3 is 0 Å². The average molecular weight is 472 g/mol. The maximum atomic E-state index is 12.3. The van der Waals surface area contributed by atoms with E-state index in [9.17, 15) is 4.79 Å². The highest BCUT2D eigenvalue weighted by atomic mass is 16.5. The van der Waals surface area contributed by atoms with Gasteiger partial charge in [-0.1, -0.05) is 42.5 Å². The molecule has 182 valence electrons. The van der Waals surface area contributed by atoms with Gasteiger partial charge in [0.25, 0.3) is 5.91 Å². The van der Waals surface area contributed by atoms with E-state index in [0.717, 1.165) is 57.9 Å². The second-order valence-corrected chi connectivity index (χ2v) is 8.79. The van der Waals surface area contributed by atoms with Crippen LogP contribution in [0.2, 0.25) is 0 Å². The molecule has 0 bridgehead atoms. The molecule has 0 aliphatic heterocycles. The molecule has 35 heavy (non-hydrogen) atoms. The Bertz CT molecular complexity index is 1300. The van der Waals surface area contributed by atoms with Crippen molar-refractivity contribution in [1.29, 1.82) is 0 Å². The molecule has 4 rings (SSSR count). The number of carbonyl (C=O) groups is 1. The molecule has 1 aromatic heterocycles. The number of ether oxygens (including phenoxy) is 2.